The van der Waals surface area contributed by atoms with Crippen molar-refractivity contribution in [1.82, 2.24) is 9.88 Å². The van der Waals surface area contributed by atoms with Gasteiger partial charge in [-0.3, -0.25) is 0 Å². The highest BCUT2D eigenvalue weighted by molar-refractivity contribution is 5.59. The Labute approximate surface area is 176 Å². The predicted molar refractivity (Wildman–Crippen MR) is 116 cm³/mol. The molecule has 0 saturated carbocycles. The fourth-order valence-corrected chi connectivity index (χ4v) is 3.18. The average Bonchev–Trinajstić information content (AvgIpc) is 3.17. The molecule has 0 spiro atoms. The largest absolute Gasteiger partial charge is 0.493 e. The van der Waals surface area contributed by atoms with Crippen molar-refractivity contribution in [2.24, 2.45) is 0 Å². The molecule has 7 heteroatoms. The maximum Gasteiger partial charge on any atom is 0.232 e. The van der Waals surface area contributed by atoms with Crippen molar-refractivity contribution < 1.29 is 13.9 Å². The van der Waals surface area contributed by atoms with Gasteiger partial charge in [0.2, 0.25) is 17.5 Å². The SMILES string of the molecule is COc1ccc([C@@H](CNc2oc(-c3ccc(C)cc3)nc2C#N)N(C)C)cc1OC. The quantitative estimate of drug-likeness (QED) is 0.598. The number of aromatic nitrogens is 1. The zero-order chi connectivity index (χ0) is 21.7. The van der Waals surface area contributed by atoms with Crippen LogP contribution in [0.2, 0.25) is 0 Å². The lowest BCUT2D eigenvalue weighted by molar-refractivity contribution is 0.307. The molecule has 0 radical (unpaired) electrons. The Morgan fingerprint density at radius 2 is 1.80 bits per heavy atom. The van der Waals surface area contributed by atoms with E-state index in [4.69, 9.17) is 13.9 Å². The molecule has 3 aromatic rings. The number of nitrogens with one attached hydrogen (secondary N) is 1. The zero-order valence-corrected chi connectivity index (χ0v) is 17.9. The van der Waals surface area contributed by atoms with Gasteiger partial charge in [0.1, 0.15) is 6.07 Å². The summed E-state index contributed by atoms with van der Waals surface area (Å²) in [6.45, 7) is 2.53. The van der Waals surface area contributed by atoms with Crippen LogP contribution in [0.25, 0.3) is 11.5 Å². The van der Waals surface area contributed by atoms with E-state index < -0.39 is 0 Å². The molecule has 3 rings (SSSR count). The molecule has 1 N–H and O–H groups in total. The van der Waals surface area contributed by atoms with Gasteiger partial charge in [0.15, 0.2) is 11.5 Å². The number of nitrogens with zero attached hydrogens (tertiary/aromatic N) is 3. The van der Waals surface area contributed by atoms with Crippen molar-refractivity contribution in [1.29, 1.82) is 5.26 Å². The van der Waals surface area contributed by atoms with Gasteiger partial charge in [-0.2, -0.15) is 10.2 Å². The Balaban J connectivity index is 1.83. The van der Waals surface area contributed by atoms with Gasteiger partial charge in [-0.1, -0.05) is 23.8 Å². The van der Waals surface area contributed by atoms with E-state index in [1.54, 1.807) is 14.2 Å². The first kappa shape index (κ1) is 21.2. The van der Waals surface area contributed by atoms with Gasteiger partial charge in [0.05, 0.1) is 20.3 Å². The van der Waals surface area contributed by atoms with Crippen molar-refractivity contribution in [3.63, 3.8) is 0 Å². The lowest BCUT2D eigenvalue weighted by atomic mass is 10.1. The summed E-state index contributed by atoms with van der Waals surface area (Å²) in [5, 5.41) is 12.7. The summed E-state index contributed by atoms with van der Waals surface area (Å²) in [4.78, 5) is 6.41. The first-order valence-corrected chi connectivity index (χ1v) is 9.57. The van der Waals surface area contributed by atoms with Crippen molar-refractivity contribution >= 4 is 5.88 Å². The van der Waals surface area contributed by atoms with Crippen molar-refractivity contribution in [2.45, 2.75) is 13.0 Å². The number of ether oxygens (including phenoxy) is 2. The Kier molecular flexibility index (Phi) is 6.60. The van der Waals surface area contributed by atoms with Crippen LogP contribution in [-0.4, -0.2) is 44.7 Å². The van der Waals surface area contributed by atoms with E-state index in [2.05, 4.69) is 21.3 Å². The second-order valence-electron chi connectivity index (χ2n) is 7.15. The van der Waals surface area contributed by atoms with Crippen LogP contribution in [0.1, 0.15) is 22.9 Å². The standard InChI is InChI=1S/C23H26N4O3/c1-15-6-8-16(9-7-15)22-26-18(13-24)23(30-22)25-14-19(27(2)3)17-10-11-20(28-4)21(12-17)29-5/h6-12,19,25H,14H2,1-5H3/t19-/m1/s1. The summed E-state index contributed by atoms with van der Waals surface area (Å²) >= 11 is 0. The van der Waals surface area contributed by atoms with Gasteiger partial charge in [0, 0.05) is 12.1 Å². The number of hydrogen-bond acceptors (Lipinski definition) is 7. The maximum atomic E-state index is 9.49. The number of oxazole rings is 1. The molecule has 0 saturated heterocycles. The number of methoxy groups -OCH3 is 2. The van der Waals surface area contributed by atoms with Crippen LogP contribution in [0.15, 0.2) is 46.9 Å². The molecule has 0 aliphatic heterocycles. The monoisotopic (exact) mass is 406 g/mol. The molecule has 0 fully saturated rings. The number of aryl methyl sites for hydroxylation is 1. The topological polar surface area (TPSA) is 83.5 Å². The summed E-state index contributed by atoms with van der Waals surface area (Å²) in [6, 6.07) is 15.8. The van der Waals surface area contributed by atoms with Crippen LogP contribution < -0.4 is 14.8 Å². The molecule has 7 nitrogen and oxygen atoms in total. The van der Waals surface area contributed by atoms with Crippen molar-refractivity contribution in [2.75, 3.05) is 40.2 Å². The summed E-state index contributed by atoms with van der Waals surface area (Å²) in [6.07, 6.45) is 0. The van der Waals surface area contributed by atoms with E-state index in [0.29, 0.717) is 29.8 Å². The normalized spacial score (nSPS) is 11.8. The Morgan fingerprint density at radius 3 is 2.40 bits per heavy atom. The highest BCUT2D eigenvalue weighted by atomic mass is 16.5. The smallest absolute Gasteiger partial charge is 0.232 e. The van der Waals surface area contributed by atoms with Gasteiger partial charge in [-0.15, -0.1) is 0 Å². The Morgan fingerprint density at radius 1 is 1.10 bits per heavy atom. The second kappa shape index (κ2) is 9.33. The fraction of sp³-hybridized carbons (Fsp3) is 0.304. The number of nitriles is 1. The molecule has 0 aliphatic rings. The van der Waals surface area contributed by atoms with Crippen LogP contribution in [0.3, 0.4) is 0 Å². The molecule has 1 aromatic heterocycles. The van der Waals surface area contributed by atoms with Gasteiger partial charge in [-0.25, -0.2) is 0 Å². The van der Waals surface area contributed by atoms with Crippen LogP contribution in [-0.2, 0) is 0 Å². The Hall–Kier alpha value is -3.50. The lowest BCUT2D eigenvalue weighted by Crippen LogP contribution is -2.27. The minimum Gasteiger partial charge on any atom is -0.493 e. The first-order valence-electron chi connectivity index (χ1n) is 9.57. The molecule has 0 aliphatic carbocycles. The lowest BCUT2D eigenvalue weighted by Gasteiger charge is -2.25. The van der Waals surface area contributed by atoms with Crippen LogP contribution in [0.4, 0.5) is 5.88 Å². The summed E-state index contributed by atoms with van der Waals surface area (Å²) in [5.74, 6) is 2.12. The minimum absolute atomic E-state index is 0.00396. The van der Waals surface area contributed by atoms with Crippen LogP contribution in [0.5, 0.6) is 11.5 Å². The molecule has 0 unspecified atom stereocenters. The molecular formula is C23H26N4O3. The molecule has 0 bridgehead atoms. The van der Waals surface area contributed by atoms with E-state index in [1.807, 2.05) is 63.5 Å². The molecule has 1 heterocycles. The molecule has 156 valence electrons. The zero-order valence-electron chi connectivity index (χ0n) is 17.9. The summed E-state index contributed by atoms with van der Waals surface area (Å²) in [7, 11) is 7.21. The number of anilines is 1. The van der Waals surface area contributed by atoms with Gasteiger partial charge in [-0.05, 0) is 50.8 Å². The van der Waals surface area contributed by atoms with E-state index in [-0.39, 0.29) is 11.7 Å². The van der Waals surface area contributed by atoms with E-state index in [0.717, 1.165) is 16.7 Å². The minimum atomic E-state index is 0.00396. The summed E-state index contributed by atoms with van der Waals surface area (Å²) < 4.78 is 16.6. The van der Waals surface area contributed by atoms with Gasteiger partial charge >= 0.3 is 0 Å². The van der Waals surface area contributed by atoms with Gasteiger partial charge < -0.3 is 24.1 Å². The number of likely N-dealkylation sites (N-methyl/N-ethyl adjacent to an activating group) is 1. The highest BCUT2D eigenvalue weighted by Gasteiger charge is 2.20. The van der Waals surface area contributed by atoms with E-state index in [9.17, 15) is 5.26 Å². The summed E-state index contributed by atoms with van der Waals surface area (Å²) in [5.41, 5.74) is 3.25. The van der Waals surface area contributed by atoms with Crippen LogP contribution >= 0.6 is 0 Å². The third kappa shape index (κ3) is 4.56. The fourth-order valence-electron chi connectivity index (χ4n) is 3.18. The van der Waals surface area contributed by atoms with E-state index >= 15 is 0 Å². The van der Waals surface area contributed by atoms with Crippen LogP contribution in [0, 0.1) is 18.3 Å². The molecule has 0 amide bonds. The molecular weight excluding hydrogens is 380 g/mol. The number of rotatable bonds is 8. The number of benzene rings is 2. The number of hydrogen-bond donors (Lipinski definition) is 1. The molecule has 1 atom stereocenters. The average molecular weight is 406 g/mol. The van der Waals surface area contributed by atoms with Crippen molar-refractivity contribution in [3.8, 4) is 29.0 Å². The highest BCUT2D eigenvalue weighted by Crippen LogP contribution is 2.32. The first-order chi connectivity index (χ1) is 14.5. The third-order valence-corrected chi connectivity index (χ3v) is 4.90. The maximum absolute atomic E-state index is 9.49. The van der Waals surface area contributed by atoms with E-state index in [1.165, 1.54) is 0 Å². The van der Waals surface area contributed by atoms with Gasteiger partial charge in [0.25, 0.3) is 0 Å². The molecule has 2 aromatic carbocycles. The molecule has 30 heavy (non-hydrogen) atoms. The Bertz CT molecular complexity index is 1040. The third-order valence-electron chi connectivity index (χ3n) is 4.90. The van der Waals surface area contributed by atoms with Crippen molar-refractivity contribution in [3.05, 3.63) is 59.3 Å². The predicted octanol–water partition coefficient (Wildman–Crippen LogP) is 4.25. The second-order valence-corrected chi connectivity index (χ2v) is 7.15.